The molecule has 1 aromatic heterocycles. The summed E-state index contributed by atoms with van der Waals surface area (Å²) in [6.45, 7) is 3.78. The van der Waals surface area contributed by atoms with E-state index in [1.54, 1.807) is 17.0 Å². The van der Waals surface area contributed by atoms with Crippen LogP contribution in [0.4, 0.5) is 0 Å². The number of hydrogen-bond acceptors (Lipinski definition) is 1. The molecule has 10 heavy (non-hydrogen) atoms. The summed E-state index contributed by atoms with van der Waals surface area (Å²) in [4.78, 5) is 11.2. The predicted molar refractivity (Wildman–Crippen MR) is 39.9 cm³/mol. The van der Waals surface area contributed by atoms with E-state index in [-0.39, 0.29) is 11.8 Å². The molecular formula is C8H11NO. The molecule has 0 fully saturated rings. The summed E-state index contributed by atoms with van der Waals surface area (Å²) in [6.07, 6.45) is 3.53. The minimum atomic E-state index is 0.0763. The third-order valence-electron chi connectivity index (χ3n) is 1.35. The summed E-state index contributed by atoms with van der Waals surface area (Å²) in [6, 6.07) is 3.70. The Kier molecular flexibility index (Phi) is 1.90. The number of carbonyl (C=O) groups excluding carboxylic acids is 1. The average molecular weight is 137 g/mol. The zero-order chi connectivity index (χ0) is 7.56. The topological polar surface area (TPSA) is 22.0 Å². The molecule has 0 bridgehead atoms. The molecular weight excluding hydrogens is 126 g/mol. The summed E-state index contributed by atoms with van der Waals surface area (Å²) in [5.74, 6) is 0.220. The lowest BCUT2D eigenvalue weighted by molar-refractivity contribution is 0.0855. The van der Waals surface area contributed by atoms with Gasteiger partial charge in [-0.25, -0.2) is 0 Å². The molecule has 1 heterocycles. The van der Waals surface area contributed by atoms with E-state index >= 15 is 0 Å². The lowest BCUT2D eigenvalue weighted by Gasteiger charge is -2.02. The first-order valence-corrected chi connectivity index (χ1v) is 3.39. The Labute approximate surface area is 60.5 Å². The SMILES string of the molecule is CC(C)C(=O)n1cccc1. The van der Waals surface area contributed by atoms with Gasteiger partial charge in [-0.15, -0.1) is 0 Å². The maximum absolute atomic E-state index is 11.2. The van der Waals surface area contributed by atoms with Crippen molar-refractivity contribution in [2.45, 2.75) is 13.8 Å². The van der Waals surface area contributed by atoms with Gasteiger partial charge in [0, 0.05) is 18.3 Å². The van der Waals surface area contributed by atoms with Crippen molar-refractivity contribution in [3.63, 3.8) is 0 Å². The van der Waals surface area contributed by atoms with Gasteiger partial charge in [0.05, 0.1) is 0 Å². The van der Waals surface area contributed by atoms with Gasteiger partial charge in [-0.05, 0) is 12.1 Å². The molecule has 2 nitrogen and oxygen atoms in total. The highest BCUT2D eigenvalue weighted by atomic mass is 16.2. The second kappa shape index (κ2) is 2.69. The Morgan fingerprint density at radius 2 is 1.80 bits per heavy atom. The predicted octanol–water partition coefficient (Wildman–Crippen LogP) is 1.78. The van der Waals surface area contributed by atoms with Crippen molar-refractivity contribution < 1.29 is 4.79 Å². The van der Waals surface area contributed by atoms with Crippen molar-refractivity contribution in [2.75, 3.05) is 0 Å². The van der Waals surface area contributed by atoms with E-state index in [9.17, 15) is 4.79 Å². The largest absolute Gasteiger partial charge is 0.294 e. The van der Waals surface area contributed by atoms with Gasteiger partial charge in [-0.1, -0.05) is 13.8 Å². The molecule has 1 rings (SSSR count). The lowest BCUT2D eigenvalue weighted by Crippen LogP contribution is -2.14. The van der Waals surface area contributed by atoms with E-state index in [4.69, 9.17) is 0 Å². The zero-order valence-electron chi connectivity index (χ0n) is 6.24. The lowest BCUT2D eigenvalue weighted by atomic mass is 10.2. The molecule has 0 saturated carbocycles. The minimum Gasteiger partial charge on any atom is -0.294 e. The van der Waals surface area contributed by atoms with Gasteiger partial charge in [0.15, 0.2) is 0 Å². The van der Waals surface area contributed by atoms with Crippen molar-refractivity contribution in [1.82, 2.24) is 4.57 Å². The van der Waals surface area contributed by atoms with Crippen molar-refractivity contribution >= 4 is 5.91 Å². The first-order chi connectivity index (χ1) is 4.72. The molecule has 0 amide bonds. The van der Waals surface area contributed by atoms with Crippen LogP contribution in [-0.2, 0) is 0 Å². The van der Waals surface area contributed by atoms with E-state index in [0.717, 1.165) is 0 Å². The molecule has 0 aliphatic rings. The Bertz CT molecular complexity index is 211. The van der Waals surface area contributed by atoms with Gasteiger partial charge in [-0.2, -0.15) is 0 Å². The van der Waals surface area contributed by atoms with E-state index in [0.29, 0.717) is 0 Å². The van der Waals surface area contributed by atoms with Crippen molar-refractivity contribution in [2.24, 2.45) is 5.92 Å². The summed E-state index contributed by atoms with van der Waals surface area (Å²) in [7, 11) is 0. The summed E-state index contributed by atoms with van der Waals surface area (Å²) in [5, 5.41) is 0. The third-order valence-corrected chi connectivity index (χ3v) is 1.35. The minimum absolute atomic E-state index is 0.0763. The van der Waals surface area contributed by atoms with Gasteiger partial charge >= 0.3 is 0 Å². The number of carbonyl (C=O) groups is 1. The van der Waals surface area contributed by atoms with Crippen LogP contribution in [0.25, 0.3) is 0 Å². The van der Waals surface area contributed by atoms with Gasteiger partial charge in [0.2, 0.25) is 5.91 Å². The van der Waals surface area contributed by atoms with Gasteiger partial charge in [0.25, 0.3) is 0 Å². The molecule has 0 aliphatic heterocycles. The number of rotatable bonds is 1. The molecule has 0 aromatic carbocycles. The fraction of sp³-hybridized carbons (Fsp3) is 0.375. The summed E-state index contributed by atoms with van der Waals surface area (Å²) >= 11 is 0. The van der Waals surface area contributed by atoms with Crippen LogP contribution >= 0.6 is 0 Å². The first kappa shape index (κ1) is 7.06. The molecule has 0 aliphatic carbocycles. The fourth-order valence-corrected chi connectivity index (χ4v) is 0.780. The zero-order valence-corrected chi connectivity index (χ0v) is 6.24. The quantitative estimate of drug-likeness (QED) is 0.578. The van der Waals surface area contributed by atoms with Gasteiger partial charge in [-0.3, -0.25) is 9.36 Å². The molecule has 1 aromatic rings. The van der Waals surface area contributed by atoms with Crippen LogP contribution in [0.3, 0.4) is 0 Å². The van der Waals surface area contributed by atoms with E-state index in [2.05, 4.69) is 0 Å². The highest BCUT2D eigenvalue weighted by Crippen LogP contribution is 1.99. The van der Waals surface area contributed by atoms with Crippen molar-refractivity contribution in [1.29, 1.82) is 0 Å². The van der Waals surface area contributed by atoms with Crippen LogP contribution in [0.2, 0.25) is 0 Å². The molecule has 2 heteroatoms. The smallest absolute Gasteiger partial charge is 0.233 e. The molecule has 54 valence electrons. The maximum Gasteiger partial charge on any atom is 0.233 e. The van der Waals surface area contributed by atoms with Crippen LogP contribution in [-0.4, -0.2) is 10.5 Å². The first-order valence-electron chi connectivity index (χ1n) is 3.39. The maximum atomic E-state index is 11.2. The van der Waals surface area contributed by atoms with Crippen molar-refractivity contribution in [3.8, 4) is 0 Å². The van der Waals surface area contributed by atoms with Crippen LogP contribution in [0.15, 0.2) is 24.5 Å². The third kappa shape index (κ3) is 1.26. The Morgan fingerprint density at radius 1 is 1.30 bits per heavy atom. The molecule has 0 saturated heterocycles. The van der Waals surface area contributed by atoms with E-state index in [1.165, 1.54) is 0 Å². The van der Waals surface area contributed by atoms with Crippen LogP contribution in [0.5, 0.6) is 0 Å². The van der Waals surface area contributed by atoms with Crippen molar-refractivity contribution in [3.05, 3.63) is 24.5 Å². The van der Waals surface area contributed by atoms with Crippen LogP contribution < -0.4 is 0 Å². The molecule has 0 unspecified atom stereocenters. The molecule has 0 radical (unpaired) electrons. The monoisotopic (exact) mass is 137 g/mol. The number of aromatic nitrogens is 1. The Morgan fingerprint density at radius 3 is 2.20 bits per heavy atom. The van der Waals surface area contributed by atoms with Gasteiger partial charge in [0.1, 0.15) is 0 Å². The molecule has 0 N–H and O–H groups in total. The number of hydrogen-bond donors (Lipinski definition) is 0. The average Bonchev–Trinajstić information content (AvgIpc) is 2.36. The Hall–Kier alpha value is -1.05. The molecule has 0 spiro atoms. The molecule has 0 atom stereocenters. The number of nitrogens with zero attached hydrogens (tertiary/aromatic N) is 1. The Balaban J connectivity index is 2.78. The fourth-order valence-electron chi connectivity index (χ4n) is 0.780. The second-order valence-electron chi connectivity index (χ2n) is 2.58. The summed E-state index contributed by atoms with van der Waals surface area (Å²) in [5.41, 5.74) is 0. The highest BCUT2D eigenvalue weighted by Gasteiger charge is 2.06. The normalized spacial score (nSPS) is 10.3. The van der Waals surface area contributed by atoms with E-state index < -0.39 is 0 Å². The van der Waals surface area contributed by atoms with Crippen LogP contribution in [0.1, 0.15) is 18.6 Å². The van der Waals surface area contributed by atoms with Gasteiger partial charge < -0.3 is 0 Å². The van der Waals surface area contributed by atoms with Crippen LogP contribution in [0, 0.1) is 5.92 Å². The summed E-state index contributed by atoms with van der Waals surface area (Å²) < 4.78 is 1.60. The highest BCUT2D eigenvalue weighted by molar-refractivity contribution is 5.80. The second-order valence-corrected chi connectivity index (χ2v) is 2.58. The standard InChI is InChI=1S/C8H11NO/c1-7(2)8(10)9-5-3-4-6-9/h3-7H,1-2H3. The van der Waals surface area contributed by atoms with E-state index in [1.807, 2.05) is 26.0 Å².